The molecule has 0 fully saturated rings. The Balaban J connectivity index is 2.41. The zero-order valence-corrected chi connectivity index (χ0v) is 11.1. The monoisotopic (exact) mass is 286 g/mol. The highest BCUT2D eigenvalue weighted by Crippen LogP contribution is 2.33. The smallest absolute Gasteiger partial charge is 0.356 e. The number of benzene rings is 1. The fourth-order valence-corrected chi connectivity index (χ4v) is 2.27. The second-order valence-corrected chi connectivity index (χ2v) is 4.39. The molecule has 106 valence electrons. The molecule has 0 aliphatic rings. The van der Waals surface area contributed by atoms with Crippen LogP contribution in [-0.4, -0.2) is 27.6 Å². The molecule has 2 heterocycles. The van der Waals surface area contributed by atoms with Gasteiger partial charge in [0, 0.05) is 11.8 Å². The van der Waals surface area contributed by atoms with Gasteiger partial charge in [0.15, 0.2) is 5.69 Å². The van der Waals surface area contributed by atoms with Crippen molar-refractivity contribution in [1.29, 1.82) is 0 Å². The summed E-state index contributed by atoms with van der Waals surface area (Å²) >= 11 is 0. The maximum atomic E-state index is 13.6. The lowest BCUT2D eigenvalue weighted by molar-refractivity contribution is 0.0692. The Bertz CT molecular complexity index is 842. The fourth-order valence-electron chi connectivity index (χ4n) is 2.27. The number of aromatic nitrogens is 2. The maximum Gasteiger partial charge on any atom is 0.356 e. The number of ether oxygens (including phenoxy) is 1. The Kier molecular flexibility index (Phi) is 3.06. The predicted octanol–water partition coefficient (Wildman–Crippen LogP) is 2.85. The average molecular weight is 286 g/mol. The molecule has 0 unspecified atom stereocenters. The van der Waals surface area contributed by atoms with Gasteiger partial charge in [-0.05, 0) is 30.3 Å². The summed E-state index contributed by atoms with van der Waals surface area (Å²) in [5.74, 6) is -1.28. The molecule has 0 radical (unpaired) electrons. The molecule has 0 aliphatic heterocycles. The standard InChI is InChI=1S/C15H11FN2O3/c1-21-11-6-5-9(16)8-10(11)14-13(15(19)20)17-12-4-2-3-7-18(12)14/h2-8H,1H3,(H,19,20). The normalized spacial score (nSPS) is 10.8. The summed E-state index contributed by atoms with van der Waals surface area (Å²) in [6, 6.07) is 9.13. The maximum absolute atomic E-state index is 13.6. The van der Waals surface area contributed by atoms with Gasteiger partial charge < -0.3 is 9.84 Å². The number of methoxy groups -OCH3 is 1. The van der Waals surface area contributed by atoms with Crippen molar-refractivity contribution in [1.82, 2.24) is 9.38 Å². The van der Waals surface area contributed by atoms with Crippen LogP contribution in [0.5, 0.6) is 5.75 Å². The molecular formula is C15H11FN2O3. The highest BCUT2D eigenvalue weighted by molar-refractivity contribution is 5.95. The quantitative estimate of drug-likeness (QED) is 0.804. The Labute approximate surface area is 119 Å². The lowest BCUT2D eigenvalue weighted by atomic mass is 10.1. The lowest BCUT2D eigenvalue weighted by Gasteiger charge is -2.09. The largest absolute Gasteiger partial charge is 0.496 e. The molecule has 0 aliphatic carbocycles. The van der Waals surface area contributed by atoms with Crippen molar-refractivity contribution in [2.75, 3.05) is 7.11 Å². The van der Waals surface area contributed by atoms with Crippen molar-refractivity contribution in [3.63, 3.8) is 0 Å². The van der Waals surface area contributed by atoms with Crippen molar-refractivity contribution in [3.8, 4) is 17.0 Å². The van der Waals surface area contributed by atoms with Gasteiger partial charge in [0.1, 0.15) is 17.2 Å². The number of hydrogen-bond donors (Lipinski definition) is 1. The number of carboxylic acid groups (broad SMARTS) is 1. The van der Waals surface area contributed by atoms with E-state index in [2.05, 4.69) is 4.98 Å². The first-order chi connectivity index (χ1) is 10.1. The van der Waals surface area contributed by atoms with E-state index in [4.69, 9.17) is 4.74 Å². The summed E-state index contributed by atoms with van der Waals surface area (Å²) in [6.07, 6.45) is 1.68. The third-order valence-electron chi connectivity index (χ3n) is 3.15. The molecule has 0 spiro atoms. The van der Waals surface area contributed by atoms with Gasteiger partial charge in [0.05, 0.1) is 12.8 Å². The highest BCUT2D eigenvalue weighted by atomic mass is 19.1. The molecule has 1 N–H and O–H groups in total. The Morgan fingerprint density at radius 3 is 2.86 bits per heavy atom. The number of pyridine rings is 1. The first kappa shape index (κ1) is 13.1. The first-order valence-corrected chi connectivity index (χ1v) is 6.16. The van der Waals surface area contributed by atoms with Crippen molar-refractivity contribution in [2.24, 2.45) is 0 Å². The number of halogens is 1. The number of nitrogens with zero attached hydrogens (tertiary/aromatic N) is 2. The summed E-state index contributed by atoms with van der Waals surface area (Å²) in [4.78, 5) is 15.5. The minimum atomic E-state index is -1.18. The zero-order chi connectivity index (χ0) is 15.0. The molecule has 0 saturated carbocycles. The third kappa shape index (κ3) is 2.10. The van der Waals surface area contributed by atoms with Crippen LogP contribution in [0.1, 0.15) is 10.5 Å². The van der Waals surface area contributed by atoms with Gasteiger partial charge >= 0.3 is 5.97 Å². The van der Waals surface area contributed by atoms with Crippen molar-refractivity contribution in [3.05, 3.63) is 54.1 Å². The molecule has 0 atom stereocenters. The summed E-state index contributed by atoms with van der Waals surface area (Å²) in [5.41, 5.74) is 0.948. The lowest BCUT2D eigenvalue weighted by Crippen LogP contribution is -2.01. The second kappa shape index (κ2) is 4.90. The zero-order valence-electron chi connectivity index (χ0n) is 11.1. The summed E-state index contributed by atoms with van der Waals surface area (Å²) in [7, 11) is 1.44. The fraction of sp³-hybridized carbons (Fsp3) is 0.0667. The molecular weight excluding hydrogens is 275 g/mol. The molecule has 5 nitrogen and oxygen atoms in total. The van der Waals surface area contributed by atoms with Gasteiger partial charge in [0.25, 0.3) is 0 Å². The van der Waals surface area contributed by atoms with Crippen LogP contribution in [0.4, 0.5) is 4.39 Å². The summed E-state index contributed by atoms with van der Waals surface area (Å²) < 4.78 is 20.4. The number of fused-ring (bicyclic) bond motifs is 1. The van der Waals surface area contributed by atoms with E-state index in [0.29, 0.717) is 17.0 Å². The topological polar surface area (TPSA) is 63.8 Å². The van der Waals surface area contributed by atoms with Crippen molar-refractivity contribution >= 4 is 11.6 Å². The van der Waals surface area contributed by atoms with E-state index in [1.165, 1.54) is 25.3 Å². The van der Waals surface area contributed by atoms with E-state index in [1.807, 2.05) is 0 Å². The molecule has 2 aromatic heterocycles. The van der Waals surface area contributed by atoms with Crippen LogP contribution in [-0.2, 0) is 0 Å². The van der Waals surface area contributed by atoms with Crippen molar-refractivity contribution < 1.29 is 19.0 Å². The Hall–Kier alpha value is -2.89. The Morgan fingerprint density at radius 2 is 2.14 bits per heavy atom. The van der Waals surface area contributed by atoms with Crippen LogP contribution in [0.3, 0.4) is 0 Å². The molecule has 1 aromatic carbocycles. The number of hydrogen-bond acceptors (Lipinski definition) is 3. The van der Waals surface area contributed by atoms with E-state index in [1.54, 1.807) is 28.8 Å². The Morgan fingerprint density at radius 1 is 1.33 bits per heavy atom. The third-order valence-corrected chi connectivity index (χ3v) is 3.15. The number of rotatable bonds is 3. The number of carbonyl (C=O) groups is 1. The second-order valence-electron chi connectivity index (χ2n) is 4.39. The molecule has 21 heavy (non-hydrogen) atoms. The van der Waals surface area contributed by atoms with Gasteiger partial charge in [-0.3, -0.25) is 4.40 Å². The van der Waals surface area contributed by atoms with Crippen LogP contribution < -0.4 is 4.74 Å². The van der Waals surface area contributed by atoms with Crippen LogP contribution >= 0.6 is 0 Å². The minimum absolute atomic E-state index is 0.148. The van der Waals surface area contributed by atoms with Crippen LogP contribution in [0, 0.1) is 5.82 Å². The molecule has 0 amide bonds. The van der Waals surface area contributed by atoms with E-state index in [9.17, 15) is 14.3 Å². The van der Waals surface area contributed by atoms with Crippen LogP contribution in [0.2, 0.25) is 0 Å². The van der Waals surface area contributed by atoms with E-state index >= 15 is 0 Å². The first-order valence-electron chi connectivity index (χ1n) is 6.16. The van der Waals surface area contributed by atoms with Crippen LogP contribution in [0.15, 0.2) is 42.6 Å². The number of imidazole rings is 1. The summed E-state index contributed by atoms with van der Waals surface area (Å²) in [6.45, 7) is 0. The SMILES string of the molecule is COc1ccc(F)cc1-c1c(C(=O)O)nc2ccccn12. The molecule has 3 rings (SSSR count). The van der Waals surface area contributed by atoms with Gasteiger partial charge in [-0.2, -0.15) is 0 Å². The molecule has 0 bridgehead atoms. The van der Waals surface area contributed by atoms with E-state index < -0.39 is 11.8 Å². The highest BCUT2D eigenvalue weighted by Gasteiger charge is 2.22. The van der Waals surface area contributed by atoms with Crippen molar-refractivity contribution in [2.45, 2.75) is 0 Å². The molecule has 6 heteroatoms. The van der Waals surface area contributed by atoms with Gasteiger partial charge in [0.2, 0.25) is 0 Å². The average Bonchev–Trinajstić information content (AvgIpc) is 2.86. The van der Waals surface area contributed by atoms with E-state index in [0.717, 1.165) is 0 Å². The predicted molar refractivity (Wildman–Crippen MR) is 74.1 cm³/mol. The number of aromatic carboxylic acids is 1. The molecule has 3 aromatic rings. The minimum Gasteiger partial charge on any atom is -0.496 e. The van der Waals surface area contributed by atoms with Gasteiger partial charge in [-0.25, -0.2) is 14.2 Å². The van der Waals surface area contributed by atoms with Crippen LogP contribution in [0.25, 0.3) is 16.9 Å². The van der Waals surface area contributed by atoms with Gasteiger partial charge in [-0.15, -0.1) is 0 Å². The molecule has 0 saturated heterocycles. The van der Waals surface area contributed by atoms with Gasteiger partial charge in [-0.1, -0.05) is 6.07 Å². The summed E-state index contributed by atoms with van der Waals surface area (Å²) in [5, 5.41) is 9.35. The number of carboxylic acids is 1. The van der Waals surface area contributed by atoms with E-state index in [-0.39, 0.29) is 11.4 Å².